The van der Waals surface area contributed by atoms with Crippen molar-refractivity contribution in [2.75, 3.05) is 0 Å². The number of aliphatic hydroxyl groups is 1. The Balaban J connectivity index is 2.11. The summed E-state index contributed by atoms with van der Waals surface area (Å²) in [5.74, 6) is 0.711. The molecule has 2 aromatic rings. The van der Waals surface area contributed by atoms with Crippen LogP contribution in [0.1, 0.15) is 24.4 Å². The number of nitrogens with zero attached hydrogens (tertiary/aromatic N) is 2. The number of benzene rings is 1. The molecule has 17 heavy (non-hydrogen) atoms. The summed E-state index contributed by atoms with van der Waals surface area (Å²) in [6, 6.07) is 7.50. The van der Waals surface area contributed by atoms with Gasteiger partial charge in [-0.15, -0.1) is 0 Å². The van der Waals surface area contributed by atoms with E-state index < -0.39 is 6.10 Å². The van der Waals surface area contributed by atoms with Gasteiger partial charge in [-0.05, 0) is 24.6 Å². The molecule has 0 saturated carbocycles. The van der Waals surface area contributed by atoms with Gasteiger partial charge in [0.15, 0.2) is 0 Å². The van der Waals surface area contributed by atoms with Crippen molar-refractivity contribution in [1.29, 1.82) is 0 Å². The van der Waals surface area contributed by atoms with Gasteiger partial charge in [0.25, 0.3) is 0 Å². The van der Waals surface area contributed by atoms with Crippen molar-refractivity contribution in [2.45, 2.75) is 26.0 Å². The van der Waals surface area contributed by atoms with Crippen LogP contribution < -0.4 is 0 Å². The van der Waals surface area contributed by atoms with Crippen LogP contribution in [-0.2, 0) is 13.0 Å². The molecule has 0 radical (unpaired) electrons. The quantitative estimate of drug-likeness (QED) is 0.906. The van der Waals surface area contributed by atoms with Crippen molar-refractivity contribution in [2.24, 2.45) is 0 Å². The number of hydrogen-bond acceptors (Lipinski definition) is 2. The van der Waals surface area contributed by atoms with Crippen molar-refractivity contribution in [1.82, 2.24) is 9.55 Å². The second-order valence-electron chi connectivity index (χ2n) is 3.92. The van der Waals surface area contributed by atoms with E-state index >= 15 is 0 Å². The van der Waals surface area contributed by atoms with Gasteiger partial charge in [-0.2, -0.15) is 0 Å². The first-order valence-electron chi connectivity index (χ1n) is 5.64. The maximum atomic E-state index is 10.1. The third-order valence-electron chi connectivity index (χ3n) is 2.73. The van der Waals surface area contributed by atoms with E-state index in [1.165, 1.54) is 0 Å². The normalized spacial score (nSPS) is 12.6. The Morgan fingerprint density at radius 1 is 1.35 bits per heavy atom. The fourth-order valence-corrected chi connectivity index (χ4v) is 1.95. The predicted molar refractivity (Wildman–Crippen MR) is 68.0 cm³/mol. The van der Waals surface area contributed by atoms with Crippen LogP contribution in [0.4, 0.5) is 0 Å². The topological polar surface area (TPSA) is 38.0 Å². The molecule has 0 aliphatic heterocycles. The zero-order valence-corrected chi connectivity index (χ0v) is 10.4. The van der Waals surface area contributed by atoms with Crippen LogP contribution in [0.15, 0.2) is 36.7 Å². The number of aromatic nitrogens is 2. The lowest BCUT2D eigenvalue weighted by atomic mass is 10.1. The molecule has 1 aromatic carbocycles. The van der Waals surface area contributed by atoms with Crippen LogP contribution >= 0.6 is 11.6 Å². The summed E-state index contributed by atoms with van der Waals surface area (Å²) in [6.07, 6.45) is 3.56. The van der Waals surface area contributed by atoms with Gasteiger partial charge in [0.1, 0.15) is 11.9 Å². The Bertz CT molecular complexity index is 478. The minimum atomic E-state index is -0.578. The number of aryl methyl sites for hydroxylation is 1. The van der Waals surface area contributed by atoms with Gasteiger partial charge in [0, 0.05) is 30.4 Å². The number of aliphatic hydroxyl groups excluding tert-OH is 1. The molecule has 0 amide bonds. The Labute approximate surface area is 106 Å². The highest BCUT2D eigenvalue weighted by Crippen LogP contribution is 2.18. The highest BCUT2D eigenvalue weighted by atomic mass is 35.5. The molecular weight excluding hydrogens is 236 g/mol. The molecule has 0 saturated heterocycles. The summed E-state index contributed by atoms with van der Waals surface area (Å²) in [5, 5.41) is 10.8. The number of halogens is 1. The molecule has 1 aromatic heterocycles. The van der Waals surface area contributed by atoms with E-state index in [1.807, 2.05) is 42.0 Å². The van der Waals surface area contributed by atoms with Gasteiger partial charge in [-0.3, -0.25) is 0 Å². The average Bonchev–Trinajstić information content (AvgIpc) is 2.80. The molecule has 90 valence electrons. The molecular formula is C13H15ClN2O. The first-order valence-corrected chi connectivity index (χ1v) is 6.02. The van der Waals surface area contributed by atoms with Gasteiger partial charge in [-0.1, -0.05) is 23.7 Å². The van der Waals surface area contributed by atoms with E-state index in [0.717, 1.165) is 12.1 Å². The highest BCUT2D eigenvalue weighted by molar-refractivity contribution is 6.30. The smallest absolute Gasteiger partial charge is 0.137 e. The summed E-state index contributed by atoms with van der Waals surface area (Å²) < 4.78 is 1.95. The largest absolute Gasteiger partial charge is 0.385 e. The van der Waals surface area contributed by atoms with Crippen LogP contribution in [0.5, 0.6) is 0 Å². The van der Waals surface area contributed by atoms with Crippen molar-refractivity contribution in [3.8, 4) is 0 Å². The third kappa shape index (κ3) is 2.87. The minimum Gasteiger partial charge on any atom is -0.385 e. The summed E-state index contributed by atoms with van der Waals surface area (Å²) in [7, 11) is 0. The fourth-order valence-electron chi connectivity index (χ4n) is 1.82. The van der Waals surface area contributed by atoms with E-state index in [4.69, 9.17) is 11.6 Å². The second-order valence-corrected chi connectivity index (χ2v) is 4.35. The van der Waals surface area contributed by atoms with E-state index in [1.54, 1.807) is 6.20 Å². The second kappa shape index (κ2) is 5.34. The van der Waals surface area contributed by atoms with Crippen LogP contribution in [0.3, 0.4) is 0 Å². The maximum absolute atomic E-state index is 10.1. The Kier molecular flexibility index (Phi) is 3.82. The molecule has 3 nitrogen and oxygen atoms in total. The summed E-state index contributed by atoms with van der Waals surface area (Å²) in [6.45, 7) is 2.84. The summed E-state index contributed by atoms with van der Waals surface area (Å²) in [4.78, 5) is 4.19. The zero-order valence-electron chi connectivity index (χ0n) is 9.68. The van der Waals surface area contributed by atoms with E-state index in [9.17, 15) is 5.11 Å². The lowest BCUT2D eigenvalue weighted by Gasteiger charge is -2.12. The Hall–Kier alpha value is -1.32. The van der Waals surface area contributed by atoms with E-state index in [2.05, 4.69) is 4.98 Å². The van der Waals surface area contributed by atoms with E-state index in [0.29, 0.717) is 17.3 Å². The molecule has 4 heteroatoms. The van der Waals surface area contributed by atoms with E-state index in [-0.39, 0.29) is 0 Å². The Morgan fingerprint density at radius 3 is 2.71 bits per heavy atom. The third-order valence-corrected chi connectivity index (χ3v) is 2.98. The lowest BCUT2D eigenvalue weighted by molar-refractivity contribution is 0.164. The molecule has 1 unspecified atom stereocenters. The number of imidazole rings is 1. The van der Waals surface area contributed by atoms with Crippen LogP contribution in [-0.4, -0.2) is 14.7 Å². The standard InChI is InChI=1S/C13H15ClN2O/c1-2-16-8-7-15-13(16)12(17)9-10-3-5-11(14)6-4-10/h3-8,12,17H,2,9H2,1H3. The fraction of sp³-hybridized carbons (Fsp3) is 0.308. The first-order chi connectivity index (χ1) is 8.20. The van der Waals surface area contributed by atoms with Crippen LogP contribution in [0.2, 0.25) is 5.02 Å². The van der Waals surface area contributed by atoms with Crippen molar-refractivity contribution in [3.63, 3.8) is 0 Å². The molecule has 0 aliphatic rings. The van der Waals surface area contributed by atoms with Crippen molar-refractivity contribution in [3.05, 3.63) is 53.1 Å². The molecule has 1 heterocycles. The van der Waals surface area contributed by atoms with Gasteiger partial charge >= 0.3 is 0 Å². The van der Waals surface area contributed by atoms with Crippen LogP contribution in [0.25, 0.3) is 0 Å². The lowest BCUT2D eigenvalue weighted by Crippen LogP contribution is -2.09. The molecule has 0 spiro atoms. The zero-order chi connectivity index (χ0) is 12.3. The summed E-state index contributed by atoms with van der Waals surface area (Å²) >= 11 is 5.82. The van der Waals surface area contributed by atoms with Gasteiger partial charge in [0.05, 0.1) is 0 Å². The number of hydrogen-bond donors (Lipinski definition) is 1. The predicted octanol–water partition coefficient (Wildman–Crippen LogP) is 2.83. The molecule has 0 fully saturated rings. The van der Waals surface area contributed by atoms with Crippen LogP contribution in [0, 0.1) is 0 Å². The first kappa shape index (κ1) is 12.1. The SMILES string of the molecule is CCn1ccnc1C(O)Cc1ccc(Cl)cc1. The molecule has 0 bridgehead atoms. The summed E-state index contributed by atoms with van der Waals surface area (Å²) in [5.41, 5.74) is 1.05. The molecule has 0 aliphatic carbocycles. The van der Waals surface area contributed by atoms with Gasteiger partial charge in [0.2, 0.25) is 0 Å². The Morgan fingerprint density at radius 2 is 2.06 bits per heavy atom. The highest BCUT2D eigenvalue weighted by Gasteiger charge is 2.13. The van der Waals surface area contributed by atoms with Gasteiger partial charge in [-0.25, -0.2) is 4.98 Å². The number of rotatable bonds is 4. The minimum absolute atomic E-state index is 0.550. The van der Waals surface area contributed by atoms with Gasteiger partial charge < -0.3 is 9.67 Å². The van der Waals surface area contributed by atoms with Crippen molar-refractivity contribution >= 4 is 11.6 Å². The van der Waals surface area contributed by atoms with Crippen molar-refractivity contribution < 1.29 is 5.11 Å². The monoisotopic (exact) mass is 250 g/mol. The molecule has 1 N–H and O–H groups in total. The maximum Gasteiger partial charge on any atom is 0.137 e. The molecule has 1 atom stereocenters. The average molecular weight is 251 g/mol. The molecule has 2 rings (SSSR count).